The molecule has 4 N–H and O–H groups in total. The molecular weight excluding hydrogens is 478 g/mol. The summed E-state index contributed by atoms with van der Waals surface area (Å²) in [6.45, 7) is 5.78. The third kappa shape index (κ3) is 6.96. The molecule has 1 amide bonds. The molecule has 36 heavy (non-hydrogen) atoms. The van der Waals surface area contributed by atoms with Crippen molar-refractivity contribution in [1.29, 1.82) is 5.26 Å². The standard InChI is InChI=1S/C26H29N5O4S/c1-26(2,3)30-16-19(15-28)31-25(32)12-17-5-8-23(18(11-17)14-27)35-24-9-10-29-22-7-6-20(13-21(22)24)36(4,33)34/h5-11,13,15-16,22,29H,12,28H2,1-4H3,(H,31,32)/b19-15+,30-16?. The number of benzene rings is 1. The molecule has 0 saturated heterocycles. The first kappa shape index (κ1) is 26.5. The Bertz CT molecular complexity index is 1380. The number of aliphatic imine (C=N–C) groups is 1. The molecule has 1 aromatic rings. The number of amides is 1. The summed E-state index contributed by atoms with van der Waals surface area (Å²) in [5, 5.41) is 15.5. The van der Waals surface area contributed by atoms with Gasteiger partial charge in [-0.1, -0.05) is 12.1 Å². The van der Waals surface area contributed by atoms with Crippen molar-refractivity contribution in [1.82, 2.24) is 10.6 Å². The lowest BCUT2D eigenvalue weighted by molar-refractivity contribution is -0.119. The zero-order chi connectivity index (χ0) is 26.5. The minimum atomic E-state index is -3.40. The Morgan fingerprint density at radius 1 is 1.33 bits per heavy atom. The van der Waals surface area contributed by atoms with Gasteiger partial charge in [0.2, 0.25) is 5.91 Å². The summed E-state index contributed by atoms with van der Waals surface area (Å²) < 4.78 is 30.0. The van der Waals surface area contributed by atoms with Crippen LogP contribution in [0.15, 0.2) is 81.8 Å². The first-order valence-corrected chi connectivity index (χ1v) is 13.0. The number of rotatable bonds is 7. The molecule has 1 heterocycles. The van der Waals surface area contributed by atoms with Crippen LogP contribution in [0.2, 0.25) is 0 Å². The van der Waals surface area contributed by atoms with Crippen molar-refractivity contribution in [2.45, 2.75) is 38.8 Å². The minimum Gasteiger partial charge on any atom is -0.456 e. The fraction of sp³-hybridized carbons (Fsp3) is 0.269. The van der Waals surface area contributed by atoms with Crippen LogP contribution < -0.4 is 21.1 Å². The van der Waals surface area contributed by atoms with Gasteiger partial charge in [0.05, 0.1) is 34.2 Å². The average molecular weight is 508 g/mol. The molecule has 0 bridgehead atoms. The van der Waals surface area contributed by atoms with E-state index in [4.69, 9.17) is 10.5 Å². The lowest BCUT2D eigenvalue weighted by Crippen LogP contribution is -2.30. The van der Waals surface area contributed by atoms with Gasteiger partial charge in [-0.05, 0) is 56.7 Å². The highest BCUT2D eigenvalue weighted by molar-refractivity contribution is 7.94. The maximum absolute atomic E-state index is 12.5. The van der Waals surface area contributed by atoms with Gasteiger partial charge in [-0.2, -0.15) is 5.26 Å². The van der Waals surface area contributed by atoms with E-state index in [-0.39, 0.29) is 40.1 Å². The van der Waals surface area contributed by atoms with E-state index in [1.165, 1.54) is 12.4 Å². The number of allylic oxidation sites excluding steroid dienone is 3. The Morgan fingerprint density at radius 2 is 2.08 bits per heavy atom. The first-order valence-electron chi connectivity index (χ1n) is 11.1. The summed E-state index contributed by atoms with van der Waals surface area (Å²) in [6, 6.07) is 6.72. The highest BCUT2D eigenvalue weighted by Gasteiger charge is 2.24. The van der Waals surface area contributed by atoms with Gasteiger partial charge in [0.1, 0.15) is 17.6 Å². The molecule has 188 valence electrons. The molecule has 1 aliphatic heterocycles. The van der Waals surface area contributed by atoms with E-state index >= 15 is 0 Å². The van der Waals surface area contributed by atoms with E-state index in [9.17, 15) is 18.5 Å². The van der Waals surface area contributed by atoms with Crippen LogP contribution in [0.4, 0.5) is 0 Å². The van der Waals surface area contributed by atoms with Crippen molar-refractivity contribution >= 4 is 22.0 Å². The fourth-order valence-electron chi connectivity index (χ4n) is 3.36. The van der Waals surface area contributed by atoms with Gasteiger partial charge in [-0.3, -0.25) is 9.79 Å². The van der Waals surface area contributed by atoms with Crippen molar-refractivity contribution < 1.29 is 17.9 Å². The number of nitriles is 1. The molecule has 10 heteroatoms. The SMILES string of the molecule is CC(C)(C)N=C/C(=C\N)NC(=O)Cc1ccc(OC2=C3C=C(S(C)(=O)=O)C=CC3NC=C2)c(C#N)c1. The maximum Gasteiger partial charge on any atom is 0.228 e. The van der Waals surface area contributed by atoms with E-state index in [2.05, 4.69) is 21.7 Å². The number of sulfone groups is 1. The largest absolute Gasteiger partial charge is 0.456 e. The zero-order valence-electron chi connectivity index (χ0n) is 20.6. The second kappa shape index (κ2) is 10.7. The van der Waals surface area contributed by atoms with Gasteiger partial charge in [0.15, 0.2) is 9.84 Å². The lowest BCUT2D eigenvalue weighted by Gasteiger charge is -2.25. The highest BCUT2D eigenvalue weighted by atomic mass is 32.2. The predicted octanol–water partition coefficient (Wildman–Crippen LogP) is 2.50. The van der Waals surface area contributed by atoms with Crippen LogP contribution in [0.3, 0.4) is 0 Å². The molecule has 0 spiro atoms. The minimum absolute atomic E-state index is 0.0146. The summed E-state index contributed by atoms with van der Waals surface area (Å²) in [5.74, 6) is 0.395. The van der Waals surface area contributed by atoms with Crippen LogP contribution in [-0.2, 0) is 21.1 Å². The van der Waals surface area contributed by atoms with E-state index in [0.717, 1.165) is 6.26 Å². The molecule has 1 aliphatic carbocycles. The summed E-state index contributed by atoms with van der Waals surface area (Å²) in [5.41, 5.74) is 7.13. The Labute approximate surface area is 211 Å². The molecule has 0 fully saturated rings. The Kier molecular flexibility index (Phi) is 7.85. The number of ether oxygens (including phenoxy) is 1. The van der Waals surface area contributed by atoms with Crippen molar-refractivity contribution in [2.24, 2.45) is 10.7 Å². The molecule has 2 aliphatic rings. The normalized spacial score (nSPS) is 17.8. The number of carbonyl (C=O) groups is 1. The second-order valence-corrected chi connectivity index (χ2v) is 11.3. The van der Waals surface area contributed by atoms with Gasteiger partial charge >= 0.3 is 0 Å². The van der Waals surface area contributed by atoms with Crippen LogP contribution in [0.1, 0.15) is 31.9 Å². The Hall–Kier alpha value is -4.10. The number of nitrogens with zero attached hydrogens (tertiary/aromatic N) is 2. The van der Waals surface area contributed by atoms with Crippen LogP contribution in [0.5, 0.6) is 5.75 Å². The number of hydrogen-bond donors (Lipinski definition) is 3. The van der Waals surface area contributed by atoms with Crippen molar-refractivity contribution in [3.63, 3.8) is 0 Å². The molecule has 0 radical (unpaired) electrons. The second-order valence-electron chi connectivity index (χ2n) is 9.30. The summed E-state index contributed by atoms with van der Waals surface area (Å²) in [7, 11) is -3.40. The first-order chi connectivity index (χ1) is 16.9. The predicted molar refractivity (Wildman–Crippen MR) is 139 cm³/mol. The van der Waals surface area contributed by atoms with Crippen molar-refractivity contribution in [2.75, 3.05) is 6.26 Å². The summed E-state index contributed by atoms with van der Waals surface area (Å²) >= 11 is 0. The number of carbonyl (C=O) groups excluding carboxylic acids is 1. The number of nitrogens with one attached hydrogen (secondary N) is 2. The van der Waals surface area contributed by atoms with Crippen LogP contribution in [0, 0.1) is 11.3 Å². The third-order valence-corrected chi connectivity index (χ3v) is 6.22. The average Bonchev–Trinajstić information content (AvgIpc) is 2.81. The van der Waals surface area contributed by atoms with E-state index < -0.39 is 9.84 Å². The van der Waals surface area contributed by atoms with Crippen molar-refractivity contribution in [3.05, 3.63) is 88.0 Å². The molecule has 1 unspecified atom stereocenters. The fourth-order valence-corrected chi connectivity index (χ4v) is 4.02. The van der Waals surface area contributed by atoms with Crippen molar-refractivity contribution in [3.8, 4) is 11.8 Å². The van der Waals surface area contributed by atoms with E-state index in [1.807, 2.05) is 20.8 Å². The van der Waals surface area contributed by atoms with Crippen LogP contribution in [-0.4, -0.2) is 38.4 Å². The van der Waals surface area contributed by atoms with Gasteiger partial charge in [0.25, 0.3) is 0 Å². The molecule has 1 atom stereocenters. The van der Waals surface area contributed by atoms with Crippen LogP contribution >= 0.6 is 0 Å². The number of nitrogens with two attached hydrogens (primary N) is 1. The number of hydrogen-bond acceptors (Lipinski definition) is 8. The van der Waals surface area contributed by atoms with Gasteiger partial charge < -0.3 is 21.1 Å². The lowest BCUT2D eigenvalue weighted by atomic mass is 9.98. The summed E-state index contributed by atoms with van der Waals surface area (Å²) in [6.07, 6.45) is 12.1. The molecule has 3 rings (SSSR count). The van der Waals surface area contributed by atoms with Gasteiger partial charge in [-0.25, -0.2) is 8.42 Å². The monoisotopic (exact) mass is 507 g/mol. The molecule has 9 nitrogen and oxygen atoms in total. The third-order valence-electron chi connectivity index (χ3n) is 5.11. The summed E-state index contributed by atoms with van der Waals surface area (Å²) in [4.78, 5) is 17.0. The Morgan fingerprint density at radius 3 is 2.72 bits per heavy atom. The quantitative estimate of drug-likeness (QED) is 0.481. The molecule has 0 aromatic heterocycles. The smallest absolute Gasteiger partial charge is 0.228 e. The zero-order valence-corrected chi connectivity index (χ0v) is 21.4. The Balaban J connectivity index is 1.79. The highest BCUT2D eigenvalue weighted by Crippen LogP contribution is 2.29. The molecule has 1 aromatic carbocycles. The topological polar surface area (TPSA) is 147 Å². The van der Waals surface area contributed by atoms with Gasteiger partial charge in [0, 0.05) is 30.4 Å². The molecular formula is C26H29N5O4S. The van der Waals surface area contributed by atoms with Gasteiger partial charge in [-0.15, -0.1) is 0 Å². The van der Waals surface area contributed by atoms with E-state index in [1.54, 1.807) is 48.7 Å². The van der Waals surface area contributed by atoms with Crippen LogP contribution in [0.25, 0.3) is 0 Å². The number of fused-ring (bicyclic) bond motifs is 1. The van der Waals surface area contributed by atoms with E-state index in [0.29, 0.717) is 22.6 Å². The number of dihydropyridines is 1. The maximum atomic E-state index is 12.5. The molecule has 0 saturated carbocycles.